The van der Waals surface area contributed by atoms with Crippen molar-refractivity contribution in [2.45, 2.75) is 25.9 Å². The van der Waals surface area contributed by atoms with Gasteiger partial charge in [0.05, 0.1) is 11.5 Å². The van der Waals surface area contributed by atoms with Gasteiger partial charge in [0.15, 0.2) is 27.5 Å². The van der Waals surface area contributed by atoms with Crippen LogP contribution in [-0.4, -0.2) is 37.8 Å². The second-order valence-corrected chi connectivity index (χ2v) is 7.93. The molecular weight excluding hydrogens is 339 g/mol. The van der Waals surface area contributed by atoms with Crippen molar-refractivity contribution in [3.05, 3.63) is 30.1 Å². The minimum Gasteiger partial charge on any atom is -0.478 e. The highest BCUT2D eigenvalue weighted by Crippen LogP contribution is 2.21. The number of nitrogens with one attached hydrogen (secondary N) is 2. The molecule has 0 bridgehead atoms. The van der Waals surface area contributed by atoms with Gasteiger partial charge in [-0.25, -0.2) is 12.8 Å². The van der Waals surface area contributed by atoms with Gasteiger partial charge in [-0.1, -0.05) is 12.1 Å². The Kier molecular flexibility index (Phi) is 5.76. The molecule has 0 unspecified atom stereocenters. The predicted molar refractivity (Wildman–Crippen MR) is 84.2 cm³/mol. The molecule has 9 heteroatoms. The maximum atomic E-state index is 13.4. The Hall–Kier alpha value is -2.16. The molecule has 2 N–H and O–H groups in total. The Morgan fingerprint density at radius 1 is 1.33 bits per heavy atom. The fourth-order valence-corrected chi connectivity index (χ4v) is 4.23. The van der Waals surface area contributed by atoms with Crippen molar-refractivity contribution in [3.8, 4) is 5.75 Å². The lowest BCUT2D eigenvalue weighted by atomic mass is 10.1. The van der Waals surface area contributed by atoms with Crippen LogP contribution in [0.1, 0.15) is 19.8 Å². The number of carbonyl (C=O) groups is 2. The molecule has 132 valence electrons. The van der Waals surface area contributed by atoms with Crippen LogP contribution in [0.3, 0.4) is 0 Å². The molecule has 1 aromatic rings. The Morgan fingerprint density at radius 2 is 2.04 bits per heavy atom. The van der Waals surface area contributed by atoms with Gasteiger partial charge >= 0.3 is 0 Å². The number of benzene rings is 1. The van der Waals surface area contributed by atoms with Crippen molar-refractivity contribution in [1.29, 1.82) is 0 Å². The van der Waals surface area contributed by atoms with Crippen LogP contribution in [0.2, 0.25) is 0 Å². The molecule has 2 rings (SSSR count). The van der Waals surface area contributed by atoms with Gasteiger partial charge in [0.1, 0.15) is 0 Å². The van der Waals surface area contributed by atoms with Crippen molar-refractivity contribution in [3.63, 3.8) is 0 Å². The molecule has 1 heterocycles. The van der Waals surface area contributed by atoms with E-state index in [9.17, 15) is 22.4 Å². The highest BCUT2D eigenvalue weighted by Gasteiger charge is 2.29. The Morgan fingerprint density at radius 3 is 2.67 bits per heavy atom. The fourth-order valence-electron chi connectivity index (χ4n) is 2.36. The average Bonchev–Trinajstić information content (AvgIpc) is 2.85. The third-order valence-electron chi connectivity index (χ3n) is 3.64. The van der Waals surface area contributed by atoms with Crippen LogP contribution >= 0.6 is 0 Å². The van der Waals surface area contributed by atoms with Gasteiger partial charge in [-0.15, -0.1) is 0 Å². The molecule has 2 atom stereocenters. The molecule has 1 fully saturated rings. The number of hydrogen-bond acceptors (Lipinski definition) is 5. The highest BCUT2D eigenvalue weighted by molar-refractivity contribution is 7.91. The number of amides is 2. The molecule has 0 saturated carbocycles. The van der Waals surface area contributed by atoms with Gasteiger partial charge in [-0.05, 0) is 31.4 Å². The molecule has 1 aliphatic rings. The lowest BCUT2D eigenvalue weighted by Gasteiger charge is -2.16. The third-order valence-corrected chi connectivity index (χ3v) is 5.47. The van der Waals surface area contributed by atoms with Crippen molar-refractivity contribution >= 4 is 21.7 Å². The quantitative estimate of drug-likeness (QED) is 0.749. The van der Waals surface area contributed by atoms with Gasteiger partial charge in [-0.3, -0.25) is 20.4 Å². The zero-order chi connectivity index (χ0) is 17.7. The van der Waals surface area contributed by atoms with E-state index in [1.165, 1.54) is 25.1 Å². The van der Waals surface area contributed by atoms with Crippen molar-refractivity contribution in [2.75, 3.05) is 11.5 Å². The molecule has 2 amide bonds. The molecule has 1 aromatic carbocycles. The second-order valence-electron chi connectivity index (χ2n) is 5.70. The van der Waals surface area contributed by atoms with E-state index in [1.54, 1.807) is 6.07 Å². The van der Waals surface area contributed by atoms with Gasteiger partial charge in [-0.2, -0.15) is 0 Å². The van der Waals surface area contributed by atoms with E-state index >= 15 is 0 Å². The van der Waals surface area contributed by atoms with Crippen LogP contribution in [0.4, 0.5) is 4.39 Å². The number of rotatable bonds is 5. The summed E-state index contributed by atoms with van der Waals surface area (Å²) in [4.78, 5) is 23.6. The first-order valence-corrected chi connectivity index (χ1v) is 9.29. The van der Waals surface area contributed by atoms with E-state index in [0.717, 1.165) is 0 Å². The molecule has 1 saturated heterocycles. The van der Waals surface area contributed by atoms with Crippen LogP contribution in [-0.2, 0) is 19.4 Å². The summed E-state index contributed by atoms with van der Waals surface area (Å²) in [6.45, 7) is 1.41. The van der Waals surface area contributed by atoms with Crippen LogP contribution in [0.15, 0.2) is 24.3 Å². The molecule has 7 nitrogen and oxygen atoms in total. The topological polar surface area (TPSA) is 102 Å². The maximum Gasteiger partial charge on any atom is 0.279 e. The SMILES string of the molecule is C[C@H](Oc1ccccc1F)C(=O)NNC(=O)C[C@H]1CCS(=O)(=O)C1. The fraction of sp³-hybridized carbons (Fsp3) is 0.467. The summed E-state index contributed by atoms with van der Waals surface area (Å²) in [5, 5.41) is 0. The smallest absolute Gasteiger partial charge is 0.279 e. The number of carbonyl (C=O) groups excluding carboxylic acids is 2. The summed E-state index contributed by atoms with van der Waals surface area (Å²) in [5.74, 6) is -1.95. The first-order chi connectivity index (χ1) is 11.3. The molecule has 0 aliphatic carbocycles. The minimum atomic E-state index is -3.05. The maximum absolute atomic E-state index is 13.4. The molecule has 1 aliphatic heterocycles. The summed E-state index contributed by atoms with van der Waals surface area (Å²) in [6, 6.07) is 5.66. The molecule has 0 spiro atoms. The third kappa shape index (κ3) is 5.19. The van der Waals surface area contributed by atoms with Gasteiger partial charge < -0.3 is 4.74 Å². The Labute approximate surface area is 139 Å². The molecule has 24 heavy (non-hydrogen) atoms. The lowest BCUT2D eigenvalue weighted by molar-refractivity contribution is -0.133. The van der Waals surface area contributed by atoms with Gasteiger partial charge in [0, 0.05) is 6.42 Å². The molecule has 0 aromatic heterocycles. The summed E-state index contributed by atoms with van der Waals surface area (Å²) < 4.78 is 41.3. The normalized spacial score (nSPS) is 20.2. The van der Waals surface area contributed by atoms with Gasteiger partial charge in [0.2, 0.25) is 5.91 Å². The summed E-state index contributed by atoms with van der Waals surface area (Å²) in [7, 11) is -3.05. The zero-order valence-electron chi connectivity index (χ0n) is 13.1. The highest BCUT2D eigenvalue weighted by atomic mass is 32.2. The number of para-hydroxylation sites is 1. The number of hydrogen-bond donors (Lipinski definition) is 2. The number of halogens is 1. The lowest BCUT2D eigenvalue weighted by Crippen LogP contribution is -2.47. The van der Waals surface area contributed by atoms with Crippen LogP contribution in [0, 0.1) is 11.7 Å². The van der Waals surface area contributed by atoms with E-state index in [-0.39, 0.29) is 29.6 Å². The van der Waals surface area contributed by atoms with E-state index in [1.807, 2.05) is 0 Å². The summed E-state index contributed by atoms with van der Waals surface area (Å²) in [6.07, 6.45) is -0.562. The predicted octanol–water partition coefficient (Wildman–Crippen LogP) is 0.565. The Bertz CT molecular complexity index is 722. The van der Waals surface area contributed by atoms with E-state index in [0.29, 0.717) is 6.42 Å². The standard InChI is InChI=1S/C15H19FN2O5S/c1-10(23-13-5-3-2-4-12(13)16)15(20)18-17-14(19)8-11-6-7-24(21,22)9-11/h2-5,10-11H,6-9H2,1H3,(H,17,19)(H,18,20)/t10-,11+/m0/s1. The average molecular weight is 358 g/mol. The van der Waals surface area contributed by atoms with Gasteiger partial charge in [0.25, 0.3) is 5.91 Å². The number of hydrazine groups is 1. The molecular formula is C15H19FN2O5S. The van der Waals surface area contributed by atoms with Crippen LogP contribution in [0.25, 0.3) is 0 Å². The van der Waals surface area contributed by atoms with Crippen molar-refractivity contribution in [1.82, 2.24) is 10.9 Å². The van der Waals surface area contributed by atoms with E-state index in [2.05, 4.69) is 10.9 Å². The van der Waals surface area contributed by atoms with Crippen molar-refractivity contribution in [2.24, 2.45) is 5.92 Å². The summed E-state index contributed by atoms with van der Waals surface area (Å²) >= 11 is 0. The first-order valence-electron chi connectivity index (χ1n) is 7.47. The largest absolute Gasteiger partial charge is 0.478 e. The van der Waals surface area contributed by atoms with E-state index < -0.39 is 33.6 Å². The number of sulfone groups is 1. The minimum absolute atomic E-state index is 0.0127. The zero-order valence-corrected chi connectivity index (χ0v) is 13.9. The number of ether oxygens (including phenoxy) is 1. The summed E-state index contributed by atoms with van der Waals surface area (Å²) in [5.41, 5.74) is 4.39. The Balaban J connectivity index is 1.76. The van der Waals surface area contributed by atoms with Crippen molar-refractivity contribution < 1.29 is 27.1 Å². The van der Waals surface area contributed by atoms with Crippen LogP contribution in [0.5, 0.6) is 5.75 Å². The van der Waals surface area contributed by atoms with E-state index in [4.69, 9.17) is 4.74 Å². The monoisotopic (exact) mass is 358 g/mol. The first kappa shape index (κ1) is 18.2. The van der Waals surface area contributed by atoms with Crippen LogP contribution < -0.4 is 15.6 Å². The molecule has 0 radical (unpaired) electrons. The second kappa shape index (κ2) is 7.61.